The molecule has 0 unspecified atom stereocenters. The summed E-state index contributed by atoms with van der Waals surface area (Å²) in [7, 11) is 0. The van der Waals surface area contributed by atoms with Gasteiger partial charge in [-0.2, -0.15) is 0 Å². The minimum absolute atomic E-state index is 0.115. The lowest BCUT2D eigenvalue weighted by Gasteiger charge is -2.10. The Labute approximate surface area is 157 Å². The van der Waals surface area contributed by atoms with Gasteiger partial charge in [0.15, 0.2) is 0 Å². The molecule has 26 heavy (non-hydrogen) atoms. The van der Waals surface area contributed by atoms with Crippen molar-refractivity contribution < 1.29 is 4.79 Å². The van der Waals surface area contributed by atoms with E-state index in [0.717, 1.165) is 29.8 Å². The molecule has 1 aromatic carbocycles. The molecular formula is C22H33N3O. The van der Waals surface area contributed by atoms with E-state index >= 15 is 0 Å². The number of hydrogen-bond acceptors (Lipinski definition) is 2. The molecule has 1 amide bonds. The van der Waals surface area contributed by atoms with E-state index in [-0.39, 0.29) is 5.91 Å². The van der Waals surface area contributed by atoms with Crippen LogP contribution in [-0.2, 0) is 17.9 Å². The first kappa shape index (κ1) is 20.2. The van der Waals surface area contributed by atoms with E-state index in [9.17, 15) is 4.79 Å². The van der Waals surface area contributed by atoms with Gasteiger partial charge in [0.05, 0.1) is 17.6 Å². The van der Waals surface area contributed by atoms with E-state index in [1.165, 1.54) is 44.9 Å². The maximum atomic E-state index is 11.8. The van der Waals surface area contributed by atoms with Gasteiger partial charge in [-0.1, -0.05) is 70.6 Å². The molecule has 0 atom stereocenters. The van der Waals surface area contributed by atoms with Crippen LogP contribution in [0.2, 0.25) is 0 Å². The third-order valence-corrected chi connectivity index (χ3v) is 4.76. The molecule has 0 fully saturated rings. The minimum atomic E-state index is -0.115. The summed E-state index contributed by atoms with van der Waals surface area (Å²) in [5.41, 5.74) is 2.66. The number of amides is 1. The van der Waals surface area contributed by atoms with Crippen LogP contribution in [0, 0.1) is 0 Å². The predicted octanol–water partition coefficient (Wildman–Crippen LogP) is 5.37. The highest BCUT2D eigenvalue weighted by molar-refractivity contribution is 5.92. The number of unbranched alkanes of at least 4 members (excludes halogenated alkanes) is 7. The number of fused-ring (bicyclic) bond motifs is 1. The van der Waals surface area contributed by atoms with Crippen LogP contribution < -0.4 is 5.32 Å². The van der Waals surface area contributed by atoms with Crippen LogP contribution in [-0.4, -0.2) is 15.5 Å². The Hall–Kier alpha value is -2.10. The van der Waals surface area contributed by atoms with Crippen LogP contribution in [0.3, 0.4) is 0 Å². The summed E-state index contributed by atoms with van der Waals surface area (Å²) < 4.78 is 2.26. The molecule has 0 bridgehead atoms. The maximum absolute atomic E-state index is 11.8. The van der Waals surface area contributed by atoms with Crippen LogP contribution in [0.25, 0.3) is 11.0 Å². The summed E-state index contributed by atoms with van der Waals surface area (Å²) in [6.45, 7) is 9.06. The van der Waals surface area contributed by atoms with Gasteiger partial charge >= 0.3 is 0 Å². The number of aromatic nitrogens is 2. The van der Waals surface area contributed by atoms with E-state index in [0.29, 0.717) is 12.1 Å². The number of nitrogens with zero attached hydrogens (tertiary/aromatic N) is 2. The summed E-state index contributed by atoms with van der Waals surface area (Å²) in [6, 6.07) is 8.19. The van der Waals surface area contributed by atoms with Crippen molar-refractivity contribution in [1.82, 2.24) is 14.9 Å². The zero-order valence-electron chi connectivity index (χ0n) is 16.4. The SMILES string of the molecule is C=C(C)C(=O)NCc1nc2ccccc2n1CCCCCCCCCC. The molecule has 4 heteroatoms. The number of aryl methyl sites for hydroxylation is 1. The van der Waals surface area contributed by atoms with Gasteiger partial charge in [-0.15, -0.1) is 0 Å². The molecule has 0 aliphatic carbocycles. The van der Waals surface area contributed by atoms with Gasteiger partial charge in [0.25, 0.3) is 0 Å². The summed E-state index contributed by atoms with van der Waals surface area (Å²) in [4.78, 5) is 16.5. The Morgan fingerprint density at radius 2 is 1.73 bits per heavy atom. The Morgan fingerprint density at radius 1 is 1.08 bits per heavy atom. The topological polar surface area (TPSA) is 46.9 Å². The van der Waals surface area contributed by atoms with Gasteiger partial charge in [-0.25, -0.2) is 4.98 Å². The van der Waals surface area contributed by atoms with E-state index < -0.39 is 0 Å². The van der Waals surface area contributed by atoms with Crippen LogP contribution in [0.1, 0.15) is 71.0 Å². The molecule has 142 valence electrons. The molecular weight excluding hydrogens is 322 g/mol. The fourth-order valence-electron chi connectivity index (χ4n) is 3.22. The highest BCUT2D eigenvalue weighted by Crippen LogP contribution is 2.18. The number of rotatable bonds is 12. The smallest absolute Gasteiger partial charge is 0.246 e. The fraction of sp³-hybridized carbons (Fsp3) is 0.545. The molecule has 0 saturated heterocycles. The molecule has 2 rings (SSSR count). The van der Waals surface area contributed by atoms with E-state index in [2.05, 4.69) is 29.5 Å². The van der Waals surface area contributed by atoms with Gasteiger partial charge in [0, 0.05) is 12.1 Å². The second-order valence-electron chi connectivity index (χ2n) is 7.11. The Bertz CT molecular complexity index is 717. The highest BCUT2D eigenvalue weighted by atomic mass is 16.1. The molecule has 4 nitrogen and oxygen atoms in total. The van der Waals surface area contributed by atoms with Crippen molar-refractivity contribution in [2.45, 2.75) is 78.3 Å². The molecule has 0 spiro atoms. The summed E-state index contributed by atoms with van der Waals surface area (Å²) in [5.74, 6) is 0.805. The number of hydrogen-bond donors (Lipinski definition) is 1. The monoisotopic (exact) mass is 355 g/mol. The van der Waals surface area contributed by atoms with Crippen molar-refractivity contribution in [2.24, 2.45) is 0 Å². The second kappa shape index (κ2) is 10.8. The highest BCUT2D eigenvalue weighted by Gasteiger charge is 2.11. The number of imidazole rings is 1. The van der Waals surface area contributed by atoms with Gasteiger partial charge in [-0.05, 0) is 25.5 Å². The van der Waals surface area contributed by atoms with Crippen LogP contribution in [0.15, 0.2) is 36.4 Å². The molecule has 2 aromatic rings. The average molecular weight is 356 g/mol. The minimum Gasteiger partial charge on any atom is -0.345 e. The van der Waals surface area contributed by atoms with Crippen molar-refractivity contribution in [3.63, 3.8) is 0 Å². The first-order chi connectivity index (χ1) is 12.6. The lowest BCUT2D eigenvalue weighted by molar-refractivity contribution is -0.117. The first-order valence-electron chi connectivity index (χ1n) is 10.0. The largest absolute Gasteiger partial charge is 0.345 e. The third-order valence-electron chi connectivity index (χ3n) is 4.76. The van der Waals surface area contributed by atoms with E-state index in [1.807, 2.05) is 18.2 Å². The lowest BCUT2D eigenvalue weighted by Crippen LogP contribution is -2.25. The van der Waals surface area contributed by atoms with Crippen molar-refractivity contribution in [1.29, 1.82) is 0 Å². The molecule has 0 radical (unpaired) electrons. The summed E-state index contributed by atoms with van der Waals surface area (Å²) in [6.07, 6.45) is 10.4. The van der Waals surface area contributed by atoms with Gasteiger partial charge in [0.2, 0.25) is 5.91 Å². The van der Waals surface area contributed by atoms with E-state index in [4.69, 9.17) is 4.98 Å². The molecule has 0 saturated carbocycles. The standard InChI is InChI=1S/C22H33N3O/c1-4-5-6-7-8-9-10-13-16-25-20-15-12-11-14-19(20)24-21(25)17-23-22(26)18(2)3/h11-12,14-15H,2,4-10,13,16-17H2,1,3H3,(H,23,26). The van der Waals surface area contributed by atoms with Crippen LogP contribution >= 0.6 is 0 Å². The fourth-order valence-corrected chi connectivity index (χ4v) is 3.22. The molecule has 1 aromatic heterocycles. The zero-order chi connectivity index (χ0) is 18.8. The molecule has 1 heterocycles. The van der Waals surface area contributed by atoms with Crippen LogP contribution in [0.4, 0.5) is 0 Å². The van der Waals surface area contributed by atoms with Crippen molar-refractivity contribution in [3.05, 3.63) is 42.2 Å². The maximum Gasteiger partial charge on any atom is 0.246 e. The molecule has 1 N–H and O–H groups in total. The number of benzene rings is 1. The van der Waals surface area contributed by atoms with Crippen molar-refractivity contribution >= 4 is 16.9 Å². The van der Waals surface area contributed by atoms with E-state index in [1.54, 1.807) is 6.92 Å². The Balaban J connectivity index is 1.91. The van der Waals surface area contributed by atoms with Crippen molar-refractivity contribution in [3.8, 4) is 0 Å². The lowest BCUT2D eigenvalue weighted by atomic mass is 10.1. The quantitative estimate of drug-likeness (QED) is 0.411. The first-order valence-corrected chi connectivity index (χ1v) is 10.0. The molecule has 0 aliphatic rings. The predicted molar refractivity (Wildman–Crippen MR) is 109 cm³/mol. The third kappa shape index (κ3) is 6.01. The number of nitrogens with one attached hydrogen (secondary N) is 1. The van der Waals surface area contributed by atoms with Gasteiger partial charge < -0.3 is 9.88 Å². The van der Waals surface area contributed by atoms with Crippen LogP contribution in [0.5, 0.6) is 0 Å². The zero-order valence-corrected chi connectivity index (χ0v) is 16.4. The number of carbonyl (C=O) groups is 1. The summed E-state index contributed by atoms with van der Waals surface area (Å²) >= 11 is 0. The Morgan fingerprint density at radius 3 is 2.42 bits per heavy atom. The number of carbonyl (C=O) groups excluding carboxylic acids is 1. The van der Waals surface area contributed by atoms with Gasteiger partial charge in [0.1, 0.15) is 5.82 Å². The second-order valence-corrected chi connectivity index (χ2v) is 7.11. The Kier molecular flexibility index (Phi) is 8.39. The van der Waals surface area contributed by atoms with Crippen molar-refractivity contribution in [2.75, 3.05) is 0 Å². The normalized spacial score (nSPS) is 11.0. The molecule has 0 aliphatic heterocycles. The summed E-state index contributed by atoms with van der Waals surface area (Å²) in [5, 5.41) is 2.91. The average Bonchev–Trinajstić information content (AvgIpc) is 2.99. The van der Waals surface area contributed by atoms with Gasteiger partial charge in [-0.3, -0.25) is 4.79 Å². The number of para-hydroxylation sites is 2.